The molecule has 5 nitrogen and oxygen atoms in total. The SMILES string of the molecule is CCCCc1nnc(SC[C@@H]2CCCCO2)n1N. The fraction of sp³-hybridized carbons (Fsp3) is 0.833. The summed E-state index contributed by atoms with van der Waals surface area (Å²) >= 11 is 1.65. The van der Waals surface area contributed by atoms with Gasteiger partial charge in [-0.05, 0) is 25.7 Å². The first kappa shape index (κ1) is 13.7. The first-order valence-electron chi connectivity index (χ1n) is 6.75. The lowest BCUT2D eigenvalue weighted by Crippen LogP contribution is -2.22. The van der Waals surface area contributed by atoms with Gasteiger partial charge in [-0.3, -0.25) is 0 Å². The van der Waals surface area contributed by atoms with E-state index in [0.29, 0.717) is 6.10 Å². The third kappa shape index (κ3) is 3.62. The molecule has 1 aliphatic rings. The molecule has 1 saturated heterocycles. The molecule has 2 rings (SSSR count). The quantitative estimate of drug-likeness (QED) is 0.632. The lowest BCUT2D eigenvalue weighted by Gasteiger charge is -2.21. The Kier molecular flexibility index (Phi) is 5.31. The Labute approximate surface area is 112 Å². The largest absolute Gasteiger partial charge is 0.377 e. The number of aryl methyl sites for hydroxylation is 1. The lowest BCUT2D eigenvalue weighted by atomic mass is 10.1. The van der Waals surface area contributed by atoms with Gasteiger partial charge in [0, 0.05) is 18.8 Å². The number of unbranched alkanes of at least 4 members (excludes halogenated alkanes) is 1. The van der Waals surface area contributed by atoms with E-state index in [9.17, 15) is 0 Å². The highest BCUT2D eigenvalue weighted by atomic mass is 32.2. The van der Waals surface area contributed by atoms with Crippen LogP contribution < -0.4 is 5.84 Å². The molecule has 1 aromatic rings. The topological polar surface area (TPSA) is 66.0 Å². The standard InChI is InChI=1S/C12H22N4OS/c1-2-3-7-11-14-15-12(16(11)13)18-9-10-6-4-5-8-17-10/h10H,2-9,13H2,1H3/t10-/m0/s1. The summed E-state index contributed by atoms with van der Waals surface area (Å²) in [5.74, 6) is 7.79. The molecule has 0 aliphatic carbocycles. The zero-order chi connectivity index (χ0) is 12.8. The van der Waals surface area contributed by atoms with Crippen LogP contribution in [0.5, 0.6) is 0 Å². The highest BCUT2D eigenvalue weighted by Crippen LogP contribution is 2.22. The minimum atomic E-state index is 0.347. The number of aromatic nitrogens is 3. The summed E-state index contributed by atoms with van der Waals surface area (Å²) in [6.07, 6.45) is 7.10. The van der Waals surface area contributed by atoms with Crippen LogP contribution in [-0.2, 0) is 11.2 Å². The van der Waals surface area contributed by atoms with Crippen molar-refractivity contribution in [2.45, 2.75) is 56.7 Å². The predicted octanol–water partition coefficient (Wildman–Crippen LogP) is 2.00. The second kappa shape index (κ2) is 6.99. The first-order chi connectivity index (χ1) is 8.81. The van der Waals surface area contributed by atoms with Gasteiger partial charge in [-0.2, -0.15) is 0 Å². The van der Waals surface area contributed by atoms with E-state index in [0.717, 1.165) is 49.0 Å². The molecule has 0 spiro atoms. The maximum Gasteiger partial charge on any atom is 0.209 e. The molecule has 0 bridgehead atoms. The van der Waals surface area contributed by atoms with Crippen molar-refractivity contribution >= 4 is 11.8 Å². The number of hydrogen-bond donors (Lipinski definition) is 1. The van der Waals surface area contributed by atoms with Crippen molar-refractivity contribution in [3.8, 4) is 0 Å². The van der Waals surface area contributed by atoms with E-state index < -0.39 is 0 Å². The molecule has 1 fully saturated rings. The number of thioether (sulfide) groups is 1. The highest BCUT2D eigenvalue weighted by Gasteiger charge is 2.16. The summed E-state index contributed by atoms with van der Waals surface area (Å²) in [4.78, 5) is 0. The zero-order valence-corrected chi connectivity index (χ0v) is 11.8. The Morgan fingerprint density at radius 2 is 2.33 bits per heavy atom. The van der Waals surface area contributed by atoms with Crippen LogP contribution in [0.25, 0.3) is 0 Å². The van der Waals surface area contributed by atoms with Crippen molar-refractivity contribution < 1.29 is 4.74 Å². The molecule has 2 N–H and O–H groups in total. The smallest absolute Gasteiger partial charge is 0.209 e. The summed E-state index contributed by atoms with van der Waals surface area (Å²) in [5.41, 5.74) is 0. The molecule has 102 valence electrons. The summed E-state index contributed by atoms with van der Waals surface area (Å²) in [5, 5.41) is 9.09. The van der Waals surface area contributed by atoms with Crippen LogP contribution in [0.2, 0.25) is 0 Å². The third-order valence-electron chi connectivity index (χ3n) is 3.16. The van der Waals surface area contributed by atoms with Gasteiger partial charge >= 0.3 is 0 Å². The van der Waals surface area contributed by atoms with Gasteiger partial charge in [-0.15, -0.1) is 10.2 Å². The Balaban J connectivity index is 1.83. The second-order valence-corrected chi connectivity index (χ2v) is 5.66. The maximum atomic E-state index is 5.99. The van der Waals surface area contributed by atoms with Crippen molar-refractivity contribution in [2.24, 2.45) is 0 Å². The zero-order valence-electron chi connectivity index (χ0n) is 11.0. The Hall–Kier alpha value is -0.750. The predicted molar refractivity (Wildman–Crippen MR) is 73.1 cm³/mol. The van der Waals surface area contributed by atoms with E-state index in [1.54, 1.807) is 16.4 Å². The molecule has 1 atom stereocenters. The third-order valence-corrected chi connectivity index (χ3v) is 4.24. The molecule has 2 heterocycles. The average Bonchev–Trinajstić information content (AvgIpc) is 2.76. The molecule has 0 amide bonds. The highest BCUT2D eigenvalue weighted by molar-refractivity contribution is 7.99. The molecule has 6 heteroatoms. The van der Waals surface area contributed by atoms with Crippen molar-refractivity contribution in [1.29, 1.82) is 0 Å². The number of rotatable bonds is 6. The van der Waals surface area contributed by atoms with Gasteiger partial charge in [-0.1, -0.05) is 25.1 Å². The summed E-state index contributed by atoms with van der Waals surface area (Å²) in [6, 6.07) is 0. The van der Waals surface area contributed by atoms with Crippen LogP contribution in [0, 0.1) is 0 Å². The molecule has 1 aromatic heterocycles. The van der Waals surface area contributed by atoms with Gasteiger partial charge in [0.1, 0.15) is 0 Å². The molecule has 0 unspecified atom stereocenters. The van der Waals surface area contributed by atoms with Crippen LogP contribution in [0.15, 0.2) is 5.16 Å². The van der Waals surface area contributed by atoms with E-state index in [-0.39, 0.29) is 0 Å². The van der Waals surface area contributed by atoms with Gasteiger partial charge in [0.2, 0.25) is 5.16 Å². The number of nitrogen functional groups attached to an aromatic ring is 1. The van der Waals surface area contributed by atoms with Crippen LogP contribution in [-0.4, -0.2) is 33.3 Å². The van der Waals surface area contributed by atoms with E-state index in [2.05, 4.69) is 17.1 Å². The van der Waals surface area contributed by atoms with Crippen molar-refractivity contribution in [3.05, 3.63) is 5.82 Å². The molecular weight excluding hydrogens is 248 g/mol. The van der Waals surface area contributed by atoms with Crippen molar-refractivity contribution in [2.75, 3.05) is 18.2 Å². The number of nitrogens with two attached hydrogens (primary N) is 1. The molecule has 1 aliphatic heterocycles. The second-order valence-electron chi connectivity index (χ2n) is 4.67. The summed E-state index contributed by atoms with van der Waals surface area (Å²) in [7, 11) is 0. The molecular formula is C12H22N4OS. The van der Waals surface area contributed by atoms with E-state index in [1.807, 2.05) is 0 Å². The van der Waals surface area contributed by atoms with Gasteiger partial charge in [0.25, 0.3) is 0 Å². The molecule has 0 aromatic carbocycles. The first-order valence-corrected chi connectivity index (χ1v) is 7.73. The minimum absolute atomic E-state index is 0.347. The molecule has 0 saturated carbocycles. The van der Waals surface area contributed by atoms with E-state index >= 15 is 0 Å². The van der Waals surface area contributed by atoms with Crippen LogP contribution in [0.1, 0.15) is 44.9 Å². The minimum Gasteiger partial charge on any atom is -0.377 e. The molecule has 18 heavy (non-hydrogen) atoms. The Morgan fingerprint density at radius 1 is 1.44 bits per heavy atom. The molecule has 0 radical (unpaired) electrons. The monoisotopic (exact) mass is 270 g/mol. The normalized spacial score (nSPS) is 20.2. The van der Waals surface area contributed by atoms with Gasteiger partial charge < -0.3 is 10.6 Å². The van der Waals surface area contributed by atoms with E-state index in [4.69, 9.17) is 10.6 Å². The number of hydrogen-bond acceptors (Lipinski definition) is 5. The fourth-order valence-electron chi connectivity index (χ4n) is 2.02. The summed E-state index contributed by atoms with van der Waals surface area (Å²) in [6.45, 7) is 3.05. The van der Waals surface area contributed by atoms with Crippen LogP contribution in [0.4, 0.5) is 0 Å². The average molecular weight is 270 g/mol. The van der Waals surface area contributed by atoms with Gasteiger partial charge in [0.15, 0.2) is 5.82 Å². The summed E-state index contributed by atoms with van der Waals surface area (Å²) < 4.78 is 7.32. The van der Waals surface area contributed by atoms with Gasteiger partial charge in [-0.25, -0.2) is 4.68 Å². The van der Waals surface area contributed by atoms with E-state index in [1.165, 1.54) is 12.8 Å². The lowest BCUT2D eigenvalue weighted by molar-refractivity contribution is 0.0315. The number of nitrogens with zero attached hydrogens (tertiary/aromatic N) is 3. The van der Waals surface area contributed by atoms with Crippen LogP contribution >= 0.6 is 11.8 Å². The Morgan fingerprint density at radius 3 is 3.06 bits per heavy atom. The van der Waals surface area contributed by atoms with Crippen molar-refractivity contribution in [1.82, 2.24) is 14.9 Å². The Bertz CT molecular complexity index is 363. The number of ether oxygens (including phenoxy) is 1. The maximum absolute atomic E-state index is 5.99. The van der Waals surface area contributed by atoms with Gasteiger partial charge in [0.05, 0.1) is 6.10 Å². The van der Waals surface area contributed by atoms with Crippen LogP contribution in [0.3, 0.4) is 0 Å². The fourth-order valence-corrected chi connectivity index (χ4v) is 2.96. The van der Waals surface area contributed by atoms with Crippen molar-refractivity contribution in [3.63, 3.8) is 0 Å².